The number of nitrogens with zero attached hydrogens (tertiary/aromatic N) is 1. The fourth-order valence-corrected chi connectivity index (χ4v) is 3.60. The van der Waals surface area contributed by atoms with Crippen LogP contribution in [0.25, 0.3) is 0 Å². The summed E-state index contributed by atoms with van der Waals surface area (Å²) >= 11 is 0. The van der Waals surface area contributed by atoms with Crippen LogP contribution < -0.4 is 5.32 Å². The number of nitrogens with one attached hydrogen (secondary N) is 1. The first-order valence-electron chi connectivity index (χ1n) is 9.66. The molecule has 3 rings (SSSR count). The summed E-state index contributed by atoms with van der Waals surface area (Å²) in [5.41, 5.74) is 2.35. The van der Waals surface area contributed by atoms with Gasteiger partial charge < -0.3 is 4.90 Å². The number of benzene rings is 1. The van der Waals surface area contributed by atoms with E-state index in [-0.39, 0.29) is 24.1 Å². The lowest BCUT2D eigenvalue weighted by Crippen LogP contribution is -2.52. The quantitative estimate of drug-likeness (QED) is 0.479. The van der Waals surface area contributed by atoms with E-state index in [9.17, 15) is 14.4 Å². The number of imide groups is 1. The van der Waals surface area contributed by atoms with E-state index in [4.69, 9.17) is 0 Å². The van der Waals surface area contributed by atoms with Crippen LogP contribution in [0.5, 0.6) is 0 Å². The molecule has 0 aromatic heterocycles. The summed E-state index contributed by atoms with van der Waals surface area (Å²) < 4.78 is 0. The Morgan fingerprint density at radius 3 is 2.74 bits per heavy atom. The molecule has 141 valence electrons. The number of carbonyl (C=O) groups excluding carboxylic acids is 3. The summed E-state index contributed by atoms with van der Waals surface area (Å²) in [7, 11) is 0. The lowest BCUT2D eigenvalue weighted by atomic mass is 10.0. The Morgan fingerprint density at radius 2 is 1.96 bits per heavy atom. The Labute approximate surface area is 160 Å². The largest absolute Gasteiger partial charge is 0.322 e. The second-order valence-corrected chi connectivity index (χ2v) is 7.05. The third-order valence-corrected chi connectivity index (χ3v) is 5.11. The van der Waals surface area contributed by atoms with Crippen molar-refractivity contribution in [2.75, 3.05) is 0 Å². The summed E-state index contributed by atoms with van der Waals surface area (Å²) in [5.74, 6) is 5.60. The smallest absolute Gasteiger partial charge is 0.255 e. The summed E-state index contributed by atoms with van der Waals surface area (Å²) in [6.07, 6.45) is 7.06. The molecule has 5 heteroatoms. The molecule has 1 unspecified atom stereocenters. The minimum Gasteiger partial charge on any atom is -0.322 e. The van der Waals surface area contributed by atoms with Crippen molar-refractivity contribution in [2.24, 2.45) is 0 Å². The molecule has 0 spiro atoms. The van der Waals surface area contributed by atoms with Crippen molar-refractivity contribution < 1.29 is 14.4 Å². The van der Waals surface area contributed by atoms with Crippen LogP contribution in [-0.2, 0) is 16.1 Å². The van der Waals surface area contributed by atoms with Crippen LogP contribution in [0.3, 0.4) is 0 Å². The highest BCUT2D eigenvalue weighted by Crippen LogP contribution is 2.29. The van der Waals surface area contributed by atoms with Gasteiger partial charge in [0.15, 0.2) is 0 Å². The van der Waals surface area contributed by atoms with Crippen molar-refractivity contribution in [1.29, 1.82) is 0 Å². The molecule has 0 saturated carbocycles. The third kappa shape index (κ3) is 4.39. The second-order valence-electron chi connectivity index (χ2n) is 7.05. The van der Waals surface area contributed by atoms with Crippen LogP contribution in [0.1, 0.15) is 72.9 Å². The second kappa shape index (κ2) is 8.85. The zero-order valence-corrected chi connectivity index (χ0v) is 15.6. The van der Waals surface area contributed by atoms with Gasteiger partial charge in [0.05, 0.1) is 0 Å². The molecular weight excluding hydrogens is 340 g/mol. The van der Waals surface area contributed by atoms with Crippen molar-refractivity contribution >= 4 is 17.7 Å². The maximum absolute atomic E-state index is 12.8. The van der Waals surface area contributed by atoms with Crippen LogP contribution in [0, 0.1) is 18.8 Å². The van der Waals surface area contributed by atoms with Crippen LogP contribution in [-0.4, -0.2) is 28.7 Å². The molecule has 2 aliphatic rings. The molecule has 1 saturated heterocycles. The van der Waals surface area contributed by atoms with E-state index in [1.165, 1.54) is 12.8 Å². The van der Waals surface area contributed by atoms with Gasteiger partial charge in [0.2, 0.25) is 11.8 Å². The van der Waals surface area contributed by atoms with Gasteiger partial charge in [0.1, 0.15) is 6.04 Å². The number of rotatable bonds is 6. The van der Waals surface area contributed by atoms with Gasteiger partial charge in [-0.1, -0.05) is 50.5 Å². The molecule has 5 nitrogen and oxygen atoms in total. The lowest BCUT2D eigenvalue weighted by Gasteiger charge is -2.29. The van der Waals surface area contributed by atoms with Crippen LogP contribution in [0.15, 0.2) is 18.2 Å². The Hall–Kier alpha value is -2.61. The predicted octanol–water partition coefficient (Wildman–Crippen LogP) is 2.97. The zero-order chi connectivity index (χ0) is 19.2. The minimum atomic E-state index is -0.587. The molecule has 1 N–H and O–H groups in total. The molecule has 1 atom stereocenters. The SMILES string of the molecule is [CH2]CCCCCCC#Cc1cccc2c1CN(C1CCC(=O)NC1=O)C2=O. The van der Waals surface area contributed by atoms with E-state index in [0.717, 1.165) is 36.8 Å². The first-order valence-corrected chi connectivity index (χ1v) is 9.66. The van der Waals surface area contributed by atoms with Gasteiger partial charge in [0, 0.05) is 30.5 Å². The molecule has 1 aromatic rings. The van der Waals surface area contributed by atoms with Gasteiger partial charge in [0.25, 0.3) is 5.91 Å². The predicted molar refractivity (Wildman–Crippen MR) is 102 cm³/mol. The maximum atomic E-state index is 12.8. The van der Waals surface area contributed by atoms with E-state index in [1.807, 2.05) is 12.1 Å². The molecule has 0 bridgehead atoms. The monoisotopic (exact) mass is 365 g/mol. The zero-order valence-electron chi connectivity index (χ0n) is 15.6. The highest BCUT2D eigenvalue weighted by Gasteiger charge is 2.39. The van der Waals surface area contributed by atoms with E-state index in [2.05, 4.69) is 24.1 Å². The van der Waals surface area contributed by atoms with E-state index >= 15 is 0 Å². The van der Waals surface area contributed by atoms with E-state index in [0.29, 0.717) is 18.5 Å². The van der Waals surface area contributed by atoms with E-state index < -0.39 is 6.04 Å². The topological polar surface area (TPSA) is 66.5 Å². The Balaban J connectivity index is 1.67. The fourth-order valence-electron chi connectivity index (χ4n) is 3.60. The summed E-state index contributed by atoms with van der Waals surface area (Å²) in [6.45, 7) is 4.22. The molecule has 2 heterocycles. The first kappa shape index (κ1) is 19.2. The van der Waals surface area contributed by atoms with Crippen LogP contribution in [0.2, 0.25) is 0 Å². The highest BCUT2D eigenvalue weighted by atomic mass is 16.2. The Kier molecular flexibility index (Phi) is 6.28. The Bertz CT molecular complexity index is 804. The number of hydrogen-bond donors (Lipinski definition) is 1. The molecule has 27 heavy (non-hydrogen) atoms. The standard InChI is InChI=1S/C22H25N2O3/c1-2-3-4-5-6-7-8-10-16-11-9-12-17-18(16)15-24(22(17)27)19-13-14-20(25)23-21(19)26/h9,11-12,19H,1-7,13-15H2,(H,23,25,26). The van der Waals surface area contributed by atoms with Gasteiger partial charge in [-0.25, -0.2) is 0 Å². The Morgan fingerprint density at radius 1 is 1.15 bits per heavy atom. The molecule has 2 aliphatic heterocycles. The van der Waals surface area contributed by atoms with Gasteiger partial charge in [-0.15, -0.1) is 0 Å². The highest BCUT2D eigenvalue weighted by molar-refractivity contribution is 6.05. The van der Waals surface area contributed by atoms with Gasteiger partial charge >= 0.3 is 0 Å². The molecule has 3 amide bonds. The molecular formula is C22H25N2O3. The first-order chi connectivity index (χ1) is 13.1. The van der Waals surface area contributed by atoms with Crippen molar-refractivity contribution in [1.82, 2.24) is 10.2 Å². The summed E-state index contributed by atoms with van der Waals surface area (Å²) in [4.78, 5) is 37.8. The summed E-state index contributed by atoms with van der Waals surface area (Å²) in [5, 5.41) is 2.33. The normalized spacial score (nSPS) is 18.8. The molecule has 1 radical (unpaired) electrons. The van der Waals surface area contributed by atoms with Gasteiger partial charge in [-0.05, 0) is 30.5 Å². The van der Waals surface area contributed by atoms with Crippen molar-refractivity contribution in [2.45, 2.75) is 64.0 Å². The van der Waals surface area contributed by atoms with Crippen molar-refractivity contribution in [3.8, 4) is 11.8 Å². The number of amides is 3. The number of carbonyl (C=O) groups is 3. The maximum Gasteiger partial charge on any atom is 0.255 e. The lowest BCUT2D eigenvalue weighted by molar-refractivity contribution is -0.136. The minimum absolute atomic E-state index is 0.156. The van der Waals surface area contributed by atoms with Crippen molar-refractivity contribution in [3.05, 3.63) is 41.8 Å². The van der Waals surface area contributed by atoms with Crippen LogP contribution >= 0.6 is 0 Å². The molecule has 1 fully saturated rings. The number of unbranched alkanes of at least 4 members (excludes halogenated alkanes) is 5. The fraction of sp³-hybridized carbons (Fsp3) is 0.455. The van der Waals surface area contributed by atoms with Gasteiger partial charge in [-0.3, -0.25) is 19.7 Å². The van der Waals surface area contributed by atoms with Gasteiger partial charge in [-0.2, -0.15) is 0 Å². The van der Waals surface area contributed by atoms with E-state index in [1.54, 1.807) is 11.0 Å². The molecule has 0 aliphatic carbocycles. The summed E-state index contributed by atoms with van der Waals surface area (Å²) in [6, 6.07) is 4.96. The average Bonchev–Trinajstić information content (AvgIpc) is 2.98. The molecule has 1 aromatic carbocycles. The average molecular weight is 365 g/mol. The van der Waals surface area contributed by atoms with Crippen LogP contribution in [0.4, 0.5) is 0 Å². The number of hydrogen-bond acceptors (Lipinski definition) is 3. The number of piperidine rings is 1. The number of fused-ring (bicyclic) bond motifs is 1. The van der Waals surface area contributed by atoms with Crippen molar-refractivity contribution in [3.63, 3.8) is 0 Å². The third-order valence-electron chi connectivity index (χ3n) is 5.11.